The molecule has 1 unspecified atom stereocenters. The van der Waals surface area contributed by atoms with Crippen LogP contribution in [0.2, 0.25) is 0 Å². The van der Waals surface area contributed by atoms with Crippen LogP contribution in [-0.4, -0.2) is 37.6 Å². The summed E-state index contributed by atoms with van der Waals surface area (Å²) < 4.78 is 0. The number of piperidine rings is 1. The summed E-state index contributed by atoms with van der Waals surface area (Å²) in [6.45, 7) is 5.72. The lowest BCUT2D eigenvalue weighted by molar-refractivity contribution is 0.189. The molecule has 0 aliphatic carbocycles. The molecule has 2 heteroatoms. The van der Waals surface area contributed by atoms with E-state index in [0.29, 0.717) is 6.04 Å². The Morgan fingerprint density at radius 2 is 2.31 bits per heavy atom. The Hall–Kier alpha value is -0.340. The van der Waals surface area contributed by atoms with Crippen molar-refractivity contribution >= 4 is 0 Å². The van der Waals surface area contributed by atoms with Crippen molar-refractivity contribution in [1.82, 2.24) is 10.2 Å². The zero-order chi connectivity index (χ0) is 9.52. The van der Waals surface area contributed by atoms with E-state index in [0.717, 1.165) is 6.54 Å². The highest BCUT2D eigenvalue weighted by molar-refractivity contribution is 4.96. The van der Waals surface area contributed by atoms with Crippen molar-refractivity contribution in [2.75, 3.05) is 26.7 Å². The molecule has 0 radical (unpaired) electrons. The summed E-state index contributed by atoms with van der Waals surface area (Å²) in [7, 11) is 1.99. The molecule has 0 aromatic carbocycles. The van der Waals surface area contributed by atoms with Crippen LogP contribution in [0.4, 0.5) is 0 Å². The van der Waals surface area contributed by atoms with E-state index in [-0.39, 0.29) is 0 Å². The second kappa shape index (κ2) is 6.17. The molecule has 76 valence electrons. The molecule has 0 aromatic rings. The van der Waals surface area contributed by atoms with E-state index in [1.807, 2.05) is 7.05 Å². The molecule has 0 aromatic heterocycles. The van der Waals surface area contributed by atoms with Gasteiger partial charge in [-0.2, -0.15) is 0 Å². The summed E-state index contributed by atoms with van der Waals surface area (Å²) in [5, 5.41) is 3.13. The van der Waals surface area contributed by atoms with Gasteiger partial charge in [0, 0.05) is 12.6 Å². The van der Waals surface area contributed by atoms with E-state index in [9.17, 15) is 0 Å². The number of hydrogen-bond donors (Lipinski definition) is 1. The summed E-state index contributed by atoms with van der Waals surface area (Å²) in [5.74, 6) is 0. The van der Waals surface area contributed by atoms with Gasteiger partial charge >= 0.3 is 0 Å². The Kier molecular flexibility index (Phi) is 5.09. The van der Waals surface area contributed by atoms with Crippen molar-refractivity contribution in [2.45, 2.75) is 32.2 Å². The summed E-state index contributed by atoms with van der Waals surface area (Å²) in [6, 6.07) is 0.701. The predicted octanol–water partition coefficient (Wildman–Crippen LogP) is 1.64. The fraction of sp³-hybridized carbons (Fsp3) is 0.818. The lowest BCUT2D eigenvalue weighted by Crippen LogP contribution is -2.37. The Labute approximate surface area is 82.0 Å². The molecular formula is C11H22N2. The van der Waals surface area contributed by atoms with Gasteiger partial charge in [0.15, 0.2) is 0 Å². The van der Waals surface area contributed by atoms with E-state index < -0.39 is 0 Å². The average molecular weight is 182 g/mol. The fourth-order valence-corrected chi connectivity index (χ4v) is 1.97. The number of nitrogens with zero attached hydrogens (tertiary/aromatic N) is 1. The first-order valence-corrected chi connectivity index (χ1v) is 5.43. The van der Waals surface area contributed by atoms with Gasteiger partial charge in [0.05, 0.1) is 0 Å². The number of likely N-dealkylation sites (N-methyl/N-ethyl adjacent to an activating group) is 2. The van der Waals surface area contributed by atoms with Crippen molar-refractivity contribution in [3.05, 3.63) is 12.2 Å². The highest BCUT2D eigenvalue weighted by atomic mass is 15.1. The van der Waals surface area contributed by atoms with Crippen LogP contribution in [0.1, 0.15) is 26.2 Å². The third-order valence-corrected chi connectivity index (χ3v) is 2.75. The molecule has 0 bridgehead atoms. The number of nitrogens with one attached hydrogen (secondary N) is 1. The number of likely N-dealkylation sites (tertiary alicyclic amines) is 1. The van der Waals surface area contributed by atoms with Crippen LogP contribution < -0.4 is 5.32 Å². The maximum absolute atomic E-state index is 3.13. The number of rotatable bonds is 4. The van der Waals surface area contributed by atoms with Gasteiger partial charge in [-0.15, -0.1) is 0 Å². The largest absolute Gasteiger partial charge is 0.316 e. The number of hydrogen-bond acceptors (Lipinski definition) is 2. The third-order valence-electron chi connectivity index (χ3n) is 2.75. The SMILES string of the molecule is CCN1CCCCC1/C=C\CNC. The van der Waals surface area contributed by atoms with Crippen molar-refractivity contribution < 1.29 is 0 Å². The predicted molar refractivity (Wildman–Crippen MR) is 58.0 cm³/mol. The van der Waals surface area contributed by atoms with E-state index in [2.05, 4.69) is 29.3 Å². The summed E-state index contributed by atoms with van der Waals surface area (Å²) in [5.41, 5.74) is 0. The molecule has 1 heterocycles. The standard InChI is InChI=1S/C11H22N2/c1-3-13-10-5-4-7-11(13)8-6-9-12-2/h6,8,11-12H,3-5,7,9-10H2,1-2H3/b8-6-. The molecule has 0 amide bonds. The Balaban J connectivity index is 2.35. The lowest BCUT2D eigenvalue weighted by atomic mass is 10.0. The molecule has 1 aliphatic heterocycles. The maximum atomic E-state index is 3.13. The van der Waals surface area contributed by atoms with Gasteiger partial charge < -0.3 is 5.32 Å². The quantitative estimate of drug-likeness (QED) is 0.665. The van der Waals surface area contributed by atoms with Crippen molar-refractivity contribution in [3.8, 4) is 0 Å². The first-order valence-electron chi connectivity index (χ1n) is 5.43. The Morgan fingerprint density at radius 3 is 3.00 bits per heavy atom. The summed E-state index contributed by atoms with van der Waals surface area (Å²) >= 11 is 0. The van der Waals surface area contributed by atoms with Crippen molar-refractivity contribution in [1.29, 1.82) is 0 Å². The van der Waals surface area contributed by atoms with Crippen LogP contribution in [-0.2, 0) is 0 Å². The topological polar surface area (TPSA) is 15.3 Å². The molecule has 13 heavy (non-hydrogen) atoms. The Morgan fingerprint density at radius 1 is 1.46 bits per heavy atom. The summed E-state index contributed by atoms with van der Waals surface area (Å²) in [4.78, 5) is 2.57. The van der Waals surface area contributed by atoms with Gasteiger partial charge in [-0.3, -0.25) is 4.90 Å². The minimum Gasteiger partial charge on any atom is -0.316 e. The lowest BCUT2D eigenvalue weighted by Gasteiger charge is -2.32. The summed E-state index contributed by atoms with van der Waals surface area (Å²) in [6.07, 6.45) is 8.72. The maximum Gasteiger partial charge on any atom is 0.0278 e. The molecular weight excluding hydrogens is 160 g/mol. The minimum absolute atomic E-state index is 0.701. The van der Waals surface area contributed by atoms with Gasteiger partial charge in [0.2, 0.25) is 0 Å². The second-order valence-electron chi connectivity index (χ2n) is 3.68. The van der Waals surface area contributed by atoms with Crippen LogP contribution in [0.3, 0.4) is 0 Å². The molecule has 1 rings (SSSR count). The minimum atomic E-state index is 0.701. The van der Waals surface area contributed by atoms with E-state index >= 15 is 0 Å². The monoisotopic (exact) mass is 182 g/mol. The molecule has 0 saturated carbocycles. The highest BCUT2D eigenvalue weighted by Crippen LogP contribution is 2.17. The average Bonchev–Trinajstić information content (AvgIpc) is 2.19. The van der Waals surface area contributed by atoms with E-state index in [4.69, 9.17) is 0 Å². The van der Waals surface area contributed by atoms with Gasteiger partial charge in [0.25, 0.3) is 0 Å². The van der Waals surface area contributed by atoms with Gasteiger partial charge in [-0.05, 0) is 33.0 Å². The van der Waals surface area contributed by atoms with Crippen molar-refractivity contribution in [3.63, 3.8) is 0 Å². The zero-order valence-corrected chi connectivity index (χ0v) is 8.92. The van der Waals surface area contributed by atoms with Crippen LogP contribution in [0.15, 0.2) is 12.2 Å². The van der Waals surface area contributed by atoms with Gasteiger partial charge in [0.1, 0.15) is 0 Å². The van der Waals surface area contributed by atoms with Crippen LogP contribution in [0, 0.1) is 0 Å². The second-order valence-corrected chi connectivity index (χ2v) is 3.68. The molecule has 1 aliphatic rings. The highest BCUT2D eigenvalue weighted by Gasteiger charge is 2.17. The van der Waals surface area contributed by atoms with E-state index in [1.165, 1.54) is 32.4 Å². The fourth-order valence-electron chi connectivity index (χ4n) is 1.97. The normalized spacial score (nSPS) is 25.5. The van der Waals surface area contributed by atoms with Crippen molar-refractivity contribution in [2.24, 2.45) is 0 Å². The molecule has 1 N–H and O–H groups in total. The first kappa shape index (κ1) is 10.7. The first-order chi connectivity index (χ1) is 6.38. The molecule has 1 saturated heterocycles. The van der Waals surface area contributed by atoms with Crippen LogP contribution in [0.25, 0.3) is 0 Å². The molecule has 1 fully saturated rings. The van der Waals surface area contributed by atoms with E-state index in [1.54, 1.807) is 0 Å². The third kappa shape index (κ3) is 3.49. The molecule has 2 nitrogen and oxygen atoms in total. The van der Waals surface area contributed by atoms with Gasteiger partial charge in [-0.25, -0.2) is 0 Å². The smallest absolute Gasteiger partial charge is 0.0278 e. The van der Waals surface area contributed by atoms with Crippen LogP contribution >= 0.6 is 0 Å². The Bertz CT molecular complexity index is 154. The van der Waals surface area contributed by atoms with Gasteiger partial charge in [-0.1, -0.05) is 25.5 Å². The molecule has 1 atom stereocenters. The van der Waals surface area contributed by atoms with Crippen LogP contribution in [0.5, 0.6) is 0 Å². The molecule has 0 spiro atoms. The zero-order valence-electron chi connectivity index (χ0n) is 8.92.